The van der Waals surface area contributed by atoms with Crippen LogP contribution in [0, 0.1) is 13.8 Å². The van der Waals surface area contributed by atoms with Crippen LogP contribution in [0.25, 0.3) is 6.08 Å². The van der Waals surface area contributed by atoms with Crippen LogP contribution in [0.3, 0.4) is 0 Å². The van der Waals surface area contributed by atoms with E-state index in [1.165, 1.54) is 26.6 Å². The Balaban J connectivity index is 1.88. The molecule has 3 rings (SSSR count). The minimum absolute atomic E-state index is 0.0376. The van der Waals surface area contributed by atoms with E-state index in [0.717, 1.165) is 11.1 Å². The number of methoxy groups -OCH3 is 2. The van der Waals surface area contributed by atoms with Gasteiger partial charge in [-0.15, -0.1) is 0 Å². The molecule has 0 atom stereocenters. The number of nitrogens with one attached hydrogen (secondary N) is 2. The predicted molar refractivity (Wildman–Crippen MR) is 118 cm³/mol. The van der Waals surface area contributed by atoms with Crippen molar-refractivity contribution in [2.45, 2.75) is 13.8 Å². The van der Waals surface area contributed by atoms with Gasteiger partial charge in [-0.25, -0.2) is 0 Å². The molecule has 0 saturated heterocycles. The van der Waals surface area contributed by atoms with Gasteiger partial charge < -0.3 is 24.5 Å². The number of ether oxygens (including phenoxy) is 2. The van der Waals surface area contributed by atoms with Crippen molar-refractivity contribution in [1.29, 1.82) is 0 Å². The molecule has 0 radical (unpaired) electrons. The van der Waals surface area contributed by atoms with E-state index in [1.807, 2.05) is 32.0 Å². The highest BCUT2D eigenvalue weighted by Crippen LogP contribution is 2.27. The number of rotatable bonds is 7. The Morgan fingerprint density at radius 3 is 2.42 bits per heavy atom. The Kier molecular flexibility index (Phi) is 6.77. The number of hydrogen-bond donors (Lipinski definition) is 2. The van der Waals surface area contributed by atoms with E-state index in [4.69, 9.17) is 13.9 Å². The molecule has 160 valence electrons. The van der Waals surface area contributed by atoms with Crippen molar-refractivity contribution in [2.75, 3.05) is 19.5 Å². The lowest BCUT2D eigenvalue weighted by molar-refractivity contribution is -0.113. The quantitative estimate of drug-likeness (QED) is 0.556. The molecule has 2 aromatic carbocycles. The molecule has 2 amide bonds. The van der Waals surface area contributed by atoms with E-state index < -0.39 is 11.8 Å². The Hall–Kier alpha value is -4.00. The molecule has 0 fully saturated rings. The second-order valence-corrected chi connectivity index (χ2v) is 6.87. The summed E-state index contributed by atoms with van der Waals surface area (Å²) in [4.78, 5) is 25.9. The van der Waals surface area contributed by atoms with Gasteiger partial charge in [-0.05, 0) is 61.4 Å². The average molecular weight is 420 g/mol. The molecule has 0 aliphatic rings. The number of benzene rings is 2. The summed E-state index contributed by atoms with van der Waals surface area (Å²) in [5.74, 6) is 0.386. The Labute approximate surface area is 180 Å². The van der Waals surface area contributed by atoms with E-state index in [2.05, 4.69) is 10.6 Å². The maximum atomic E-state index is 13.0. The Bertz CT molecular complexity index is 1120. The van der Waals surface area contributed by atoms with Gasteiger partial charge in [0.15, 0.2) is 11.5 Å². The fourth-order valence-electron chi connectivity index (χ4n) is 2.91. The molecule has 7 nitrogen and oxygen atoms in total. The highest BCUT2D eigenvalue weighted by atomic mass is 16.5. The van der Waals surface area contributed by atoms with Crippen molar-refractivity contribution in [3.63, 3.8) is 0 Å². The lowest BCUT2D eigenvalue weighted by Gasteiger charge is -2.14. The minimum atomic E-state index is -0.477. The largest absolute Gasteiger partial charge is 0.493 e. The van der Waals surface area contributed by atoms with Crippen molar-refractivity contribution in [3.8, 4) is 11.5 Å². The number of amides is 2. The van der Waals surface area contributed by atoms with E-state index >= 15 is 0 Å². The summed E-state index contributed by atoms with van der Waals surface area (Å²) >= 11 is 0. The maximum absolute atomic E-state index is 13.0. The molecule has 3 aromatic rings. The van der Waals surface area contributed by atoms with Gasteiger partial charge in [0, 0.05) is 17.3 Å². The zero-order chi connectivity index (χ0) is 22.4. The first-order valence-corrected chi connectivity index (χ1v) is 9.58. The van der Waals surface area contributed by atoms with E-state index in [-0.39, 0.29) is 5.70 Å². The molecule has 7 heteroatoms. The number of furan rings is 1. The number of carbonyl (C=O) groups excluding carboxylic acids is 2. The van der Waals surface area contributed by atoms with Gasteiger partial charge >= 0.3 is 0 Å². The second-order valence-electron chi connectivity index (χ2n) is 6.87. The van der Waals surface area contributed by atoms with Crippen LogP contribution in [0.4, 0.5) is 5.69 Å². The van der Waals surface area contributed by atoms with Gasteiger partial charge in [-0.1, -0.05) is 12.1 Å². The first-order valence-electron chi connectivity index (χ1n) is 9.58. The average Bonchev–Trinajstić information content (AvgIpc) is 3.28. The van der Waals surface area contributed by atoms with Crippen molar-refractivity contribution >= 4 is 23.6 Å². The van der Waals surface area contributed by atoms with Crippen LogP contribution in [0.5, 0.6) is 11.5 Å². The molecule has 1 heterocycles. The lowest BCUT2D eigenvalue weighted by atomic mass is 10.1. The van der Waals surface area contributed by atoms with Crippen molar-refractivity contribution in [3.05, 3.63) is 82.9 Å². The van der Waals surface area contributed by atoms with Crippen LogP contribution >= 0.6 is 0 Å². The maximum Gasteiger partial charge on any atom is 0.272 e. The van der Waals surface area contributed by atoms with Gasteiger partial charge in [0.05, 0.1) is 20.5 Å². The molecular weight excluding hydrogens is 396 g/mol. The summed E-state index contributed by atoms with van der Waals surface area (Å²) in [6.45, 7) is 3.83. The summed E-state index contributed by atoms with van der Waals surface area (Å²) in [6.07, 6.45) is 2.96. The third-order valence-electron chi connectivity index (χ3n) is 4.61. The zero-order valence-corrected chi connectivity index (χ0v) is 17.8. The predicted octanol–water partition coefficient (Wildman–Crippen LogP) is 4.32. The number of anilines is 1. The molecule has 0 spiro atoms. The smallest absolute Gasteiger partial charge is 0.272 e. The summed E-state index contributed by atoms with van der Waals surface area (Å²) < 4.78 is 15.8. The third kappa shape index (κ3) is 5.33. The van der Waals surface area contributed by atoms with Gasteiger partial charge in [-0.2, -0.15) is 0 Å². The van der Waals surface area contributed by atoms with E-state index in [9.17, 15) is 9.59 Å². The number of hydrogen-bond acceptors (Lipinski definition) is 5. The summed E-state index contributed by atoms with van der Waals surface area (Å²) in [7, 11) is 3.00. The van der Waals surface area contributed by atoms with Gasteiger partial charge in [0.25, 0.3) is 11.8 Å². The molecule has 0 bridgehead atoms. The molecule has 0 aliphatic heterocycles. The fourth-order valence-corrected chi connectivity index (χ4v) is 2.91. The van der Waals surface area contributed by atoms with Crippen LogP contribution < -0.4 is 20.1 Å². The minimum Gasteiger partial charge on any atom is -0.493 e. The summed E-state index contributed by atoms with van der Waals surface area (Å²) in [5, 5.41) is 5.52. The van der Waals surface area contributed by atoms with Crippen LogP contribution in [-0.2, 0) is 4.79 Å². The van der Waals surface area contributed by atoms with Crippen LogP contribution in [0.1, 0.15) is 27.2 Å². The highest BCUT2D eigenvalue weighted by Gasteiger charge is 2.18. The molecule has 0 unspecified atom stereocenters. The first-order chi connectivity index (χ1) is 14.9. The fraction of sp³-hybridized carbons (Fsp3) is 0.167. The zero-order valence-electron chi connectivity index (χ0n) is 17.8. The van der Waals surface area contributed by atoms with Crippen LogP contribution in [0.15, 0.2) is 64.9 Å². The van der Waals surface area contributed by atoms with Crippen molar-refractivity contribution in [1.82, 2.24) is 5.32 Å². The van der Waals surface area contributed by atoms with Gasteiger partial charge in [0.1, 0.15) is 11.5 Å². The van der Waals surface area contributed by atoms with Crippen LogP contribution in [0.2, 0.25) is 0 Å². The third-order valence-corrected chi connectivity index (χ3v) is 4.61. The highest BCUT2D eigenvalue weighted by molar-refractivity contribution is 6.10. The molecule has 31 heavy (non-hydrogen) atoms. The molecular formula is C24H24N2O5. The molecule has 0 saturated carbocycles. The number of aryl methyl sites for hydroxylation is 2. The van der Waals surface area contributed by atoms with Crippen molar-refractivity contribution < 1.29 is 23.5 Å². The Morgan fingerprint density at radius 1 is 0.968 bits per heavy atom. The van der Waals surface area contributed by atoms with Gasteiger partial charge in [0.2, 0.25) is 0 Å². The first kappa shape index (κ1) is 21.7. The summed E-state index contributed by atoms with van der Waals surface area (Å²) in [5.41, 5.74) is 2.92. The van der Waals surface area contributed by atoms with E-state index in [0.29, 0.717) is 28.5 Å². The van der Waals surface area contributed by atoms with E-state index in [1.54, 1.807) is 30.3 Å². The van der Waals surface area contributed by atoms with Crippen LogP contribution in [-0.4, -0.2) is 26.0 Å². The second kappa shape index (κ2) is 9.67. The van der Waals surface area contributed by atoms with Crippen molar-refractivity contribution in [2.24, 2.45) is 0 Å². The molecule has 2 N–H and O–H groups in total. The van der Waals surface area contributed by atoms with Gasteiger partial charge in [-0.3, -0.25) is 9.59 Å². The Morgan fingerprint density at radius 2 is 1.74 bits per heavy atom. The topological polar surface area (TPSA) is 89.8 Å². The molecule has 1 aromatic heterocycles. The lowest BCUT2D eigenvalue weighted by Crippen LogP contribution is -2.31. The number of carbonyl (C=O) groups is 2. The standard InChI is InChI=1S/C24H24N2O5/c1-15-7-8-16(2)19(12-15)25-24(28)20(14-18-6-5-11-31-18)26-23(27)17-9-10-21(29-3)22(13-17)30-4/h5-14H,1-4H3,(H,25,28)(H,26,27)/b20-14-. The monoisotopic (exact) mass is 420 g/mol. The summed E-state index contributed by atoms with van der Waals surface area (Å²) in [6, 6.07) is 13.9. The SMILES string of the molecule is COc1ccc(C(=O)N/C(=C\c2ccco2)C(=O)Nc2cc(C)ccc2C)cc1OC. The molecule has 0 aliphatic carbocycles. The normalized spacial score (nSPS) is 11.0.